The molecular formula is C27H36N2O3S. The van der Waals surface area contributed by atoms with E-state index in [1.165, 1.54) is 45.1 Å². The van der Waals surface area contributed by atoms with Gasteiger partial charge in [-0.3, -0.25) is 9.69 Å². The minimum atomic E-state index is -0.158. The van der Waals surface area contributed by atoms with Crippen molar-refractivity contribution in [3.05, 3.63) is 48.0 Å². The summed E-state index contributed by atoms with van der Waals surface area (Å²) in [6, 6.07) is 14.7. The maximum Gasteiger partial charge on any atom is 0.215 e. The summed E-state index contributed by atoms with van der Waals surface area (Å²) in [4.78, 5) is 17.4. The summed E-state index contributed by atoms with van der Waals surface area (Å²) in [6.45, 7) is 1.85. The second-order valence-electron chi connectivity index (χ2n) is 9.04. The largest absolute Gasteiger partial charge is 0.497 e. The topological polar surface area (TPSA) is 42.0 Å². The molecule has 1 amide bonds. The lowest BCUT2D eigenvalue weighted by Gasteiger charge is -2.31. The van der Waals surface area contributed by atoms with Gasteiger partial charge in [0.05, 0.1) is 19.4 Å². The molecule has 5 nitrogen and oxygen atoms in total. The molecule has 6 heteroatoms. The highest BCUT2D eigenvalue weighted by molar-refractivity contribution is 8.00. The SMILES string of the molecule is COc1ccc(OCCCCCN(C)C2CCCCC2)c(C2Sc3ccccc3N2C=O)c1. The van der Waals surface area contributed by atoms with E-state index in [1.807, 2.05) is 36.4 Å². The number of benzene rings is 2. The Hall–Kier alpha value is -2.18. The van der Waals surface area contributed by atoms with Crippen LogP contribution in [0, 0.1) is 0 Å². The molecule has 0 aromatic heterocycles. The summed E-state index contributed by atoms with van der Waals surface area (Å²) >= 11 is 1.67. The number of methoxy groups -OCH3 is 1. The standard InChI is InChI=1S/C27H36N2O3S/c1-28(21-11-5-3-6-12-21)17-9-4-10-18-32-25-16-15-22(31-2)19-23(25)27-29(20-30)24-13-7-8-14-26(24)33-27/h7-8,13-16,19-21,27H,3-6,9-12,17-18H2,1-2H3. The zero-order chi connectivity index (χ0) is 23.0. The molecule has 0 N–H and O–H groups in total. The zero-order valence-electron chi connectivity index (χ0n) is 19.9. The minimum absolute atomic E-state index is 0.158. The highest BCUT2D eigenvalue weighted by Gasteiger charge is 2.33. The lowest BCUT2D eigenvalue weighted by Crippen LogP contribution is -2.34. The Bertz CT molecular complexity index is 916. The van der Waals surface area contributed by atoms with Crippen LogP contribution in [0.5, 0.6) is 11.5 Å². The predicted octanol–water partition coefficient (Wildman–Crippen LogP) is 6.28. The van der Waals surface area contributed by atoms with Crippen LogP contribution in [0.4, 0.5) is 5.69 Å². The van der Waals surface area contributed by atoms with Crippen LogP contribution in [-0.2, 0) is 4.79 Å². The molecule has 0 bridgehead atoms. The Labute approximate surface area is 202 Å². The van der Waals surface area contributed by atoms with E-state index in [4.69, 9.17) is 9.47 Å². The molecule has 0 spiro atoms. The molecule has 2 aromatic rings. The molecule has 1 heterocycles. The third kappa shape index (κ3) is 5.85. The number of carbonyl (C=O) groups is 1. The van der Waals surface area contributed by atoms with Gasteiger partial charge in [0.15, 0.2) is 0 Å². The Morgan fingerprint density at radius 1 is 1.09 bits per heavy atom. The first-order chi connectivity index (χ1) is 16.2. The normalized spacial score (nSPS) is 18.4. The Balaban J connectivity index is 1.32. The minimum Gasteiger partial charge on any atom is -0.497 e. The molecule has 4 rings (SSSR count). The average molecular weight is 469 g/mol. The smallest absolute Gasteiger partial charge is 0.215 e. The second-order valence-corrected chi connectivity index (χ2v) is 10.2. The number of nitrogens with zero attached hydrogens (tertiary/aromatic N) is 2. The van der Waals surface area contributed by atoms with E-state index in [-0.39, 0.29) is 5.37 Å². The number of anilines is 1. The van der Waals surface area contributed by atoms with Crippen molar-refractivity contribution in [2.75, 3.05) is 32.2 Å². The van der Waals surface area contributed by atoms with Crippen molar-refractivity contribution >= 4 is 23.9 Å². The van der Waals surface area contributed by atoms with Gasteiger partial charge in [-0.05, 0) is 76.0 Å². The number of ether oxygens (including phenoxy) is 2. The number of carbonyl (C=O) groups excluding carboxylic acids is 1. The van der Waals surface area contributed by atoms with Crippen LogP contribution in [0.2, 0.25) is 0 Å². The van der Waals surface area contributed by atoms with Gasteiger partial charge in [-0.1, -0.05) is 43.2 Å². The number of amides is 1. The molecule has 1 saturated carbocycles. The number of hydrogen-bond donors (Lipinski definition) is 0. The second kappa shape index (κ2) is 11.8. The molecule has 2 aliphatic rings. The first-order valence-corrected chi connectivity index (χ1v) is 13.1. The van der Waals surface area contributed by atoms with E-state index in [9.17, 15) is 4.79 Å². The van der Waals surface area contributed by atoms with Gasteiger partial charge in [-0.15, -0.1) is 0 Å². The van der Waals surface area contributed by atoms with Crippen molar-refractivity contribution in [3.8, 4) is 11.5 Å². The predicted molar refractivity (Wildman–Crippen MR) is 135 cm³/mol. The van der Waals surface area contributed by atoms with Crippen molar-refractivity contribution in [2.45, 2.75) is 67.7 Å². The van der Waals surface area contributed by atoms with Crippen molar-refractivity contribution in [1.82, 2.24) is 4.90 Å². The molecule has 178 valence electrons. The maximum atomic E-state index is 12.0. The summed E-state index contributed by atoms with van der Waals surface area (Å²) in [5, 5.41) is -0.158. The molecule has 1 aliphatic heterocycles. The number of unbranched alkanes of at least 4 members (excludes halogenated alkanes) is 2. The van der Waals surface area contributed by atoms with Crippen LogP contribution in [0.25, 0.3) is 0 Å². The molecule has 0 radical (unpaired) electrons. The summed E-state index contributed by atoms with van der Waals surface area (Å²) in [5.74, 6) is 1.60. The molecular weight excluding hydrogens is 432 g/mol. The summed E-state index contributed by atoms with van der Waals surface area (Å²) in [7, 11) is 3.95. The molecule has 1 aliphatic carbocycles. The lowest BCUT2D eigenvalue weighted by molar-refractivity contribution is -0.107. The lowest BCUT2D eigenvalue weighted by atomic mass is 9.94. The average Bonchev–Trinajstić information content (AvgIpc) is 3.25. The highest BCUT2D eigenvalue weighted by Crippen LogP contribution is 2.52. The van der Waals surface area contributed by atoms with E-state index in [1.54, 1.807) is 23.8 Å². The fourth-order valence-corrected chi connectivity index (χ4v) is 6.18. The highest BCUT2D eigenvalue weighted by atomic mass is 32.2. The van der Waals surface area contributed by atoms with Gasteiger partial charge in [-0.25, -0.2) is 0 Å². The monoisotopic (exact) mass is 468 g/mol. The van der Waals surface area contributed by atoms with Gasteiger partial charge in [0.2, 0.25) is 6.41 Å². The van der Waals surface area contributed by atoms with Gasteiger partial charge in [-0.2, -0.15) is 0 Å². The maximum absolute atomic E-state index is 12.0. The first kappa shape index (κ1) is 24.0. The molecule has 1 unspecified atom stereocenters. The van der Waals surface area contributed by atoms with E-state index < -0.39 is 0 Å². The van der Waals surface area contributed by atoms with Gasteiger partial charge in [0, 0.05) is 16.5 Å². The summed E-state index contributed by atoms with van der Waals surface area (Å²) in [6.07, 6.45) is 11.2. The number of rotatable bonds is 11. The molecule has 0 saturated heterocycles. The summed E-state index contributed by atoms with van der Waals surface area (Å²) in [5.41, 5.74) is 1.91. The van der Waals surface area contributed by atoms with Crippen LogP contribution < -0.4 is 14.4 Å². The van der Waals surface area contributed by atoms with Crippen LogP contribution in [0.1, 0.15) is 62.3 Å². The van der Waals surface area contributed by atoms with Gasteiger partial charge < -0.3 is 14.4 Å². The van der Waals surface area contributed by atoms with Gasteiger partial charge in [0.25, 0.3) is 0 Å². The van der Waals surface area contributed by atoms with E-state index >= 15 is 0 Å². The van der Waals surface area contributed by atoms with E-state index in [0.29, 0.717) is 6.61 Å². The number of fused-ring (bicyclic) bond motifs is 1. The van der Waals surface area contributed by atoms with Gasteiger partial charge in [0.1, 0.15) is 16.9 Å². The van der Waals surface area contributed by atoms with Crippen LogP contribution in [0.3, 0.4) is 0 Å². The Morgan fingerprint density at radius 3 is 2.70 bits per heavy atom. The number of para-hydroxylation sites is 1. The number of hydrogen-bond acceptors (Lipinski definition) is 5. The third-order valence-electron chi connectivity index (χ3n) is 6.84. The Morgan fingerprint density at radius 2 is 1.91 bits per heavy atom. The van der Waals surface area contributed by atoms with Crippen LogP contribution in [-0.4, -0.2) is 44.7 Å². The van der Waals surface area contributed by atoms with E-state index in [0.717, 1.165) is 52.9 Å². The quantitative estimate of drug-likeness (QED) is 0.287. The van der Waals surface area contributed by atoms with Crippen LogP contribution in [0.15, 0.2) is 47.4 Å². The van der Waals surface area contributed by atoms with Crippen molar-refractivity contribution in [1.29, 1.82) is 0 Å². The van der Waals surface area contributed by atoms with Gasteiger partial charge >= 0.3 is 0 Å². The zero-order valence-corrected chi connectivity index (χ0v) is 20.7. The van der Waals surface area contributed by atoms with Crippen molar-refractivity contribution in [3.63, 3.8) is 0 Å². The molecule has 1 fully saturated rings. The molecule has 2 aromatic carbocycles. The third-order valence-corrected chi connectivity index (χ3v) is 8.15. The fourth-order valence-electron chi connectivity index (χ4n) is 4.90. The molecule has 1 atom stereocenters. The fraction of sp³-hybridized carbons (Fsp3) is 0.519. The van der Waals surface area contributed by atoms with Crippen molar-refractivity contribution in [2.24, 2.45) is 0 Å². The molecule has 33 heavy (non-hydrogen) atoms. The van der Waals surface area contributed by atoms with Crippen LogP contribution >= 0.6 is 11.8 Å². The first-order valence-electron chi connectivity index (χ1n) is 12.2. The van der Waals surface area contributed by atoms with E-state index in [2.05, 4.69) is 18.0 Å². The Kier molecular flexibility index (Phi) is 8.57. The summed E-state index contributed by atoms with van der Waals surface area (Å²) < 4.78 is 11.7. The number of thioether (sulfide) groups is 1. The van der Waals surface area contributed by atoms with Crippen molar-refractivity contribution < 1.29 is 14.3 Å².